The van der Waals surface area contributed by atoms with E-state index >= 15 is 0 Å². The lowest BCUT2D eigenvalue weighted by Crippen LogP contribution is -2.53. The van der Waals surface area contributed by atoms with Gasteiger partial charge >= 0.3 is 0 Å². The molecule has 128 valence electrons. The molecule has 8 nitrogen and oxygen atoms in total. The Kier molecular flexibility index (Phi) is 7.74. The third-order valence-corrected chi connectivity index (χ3v) is 7.43. The summed E-state index contributed by atoms with van der Waals surface area (Å²) in [4.78, 5) is 0. The zero-order chi connectivity index (χ0) is 17.0. The Labute approximate surface area is 125 Å². The van der Waals surface area contributed by atoms with E-state index in [1.165, 1.54) is 13.8 Å². The number of hydrogen-bond donors (Lipinski definition) is 4. The highest BCUT2D eigenvalue weighted by Crippen LogP contribution is 2.17. The minimum absolute atomic E-state index is 0.315. The van der Waals surface area contributed by atoms with Gasteiger partial charge in [0.1, 0.15) is 23.6 Å². The molecule has 0 aromatic heterocycles. The van der Waals surface area contributed by atoms with E-state index in [1.54, 1.807) is 0 Å². The van der Waals surface area contributed by atoms with E-state index in [2.05, 4.69) is 0 Å². The molecule has 0 saturated heterocycles. The van der Waals surface area contributed by atoms with Crippen molar-refractivity contribution in [3.63, 3.8) is 0 Å². The predicted octanol–water partition coefficient (Wildman–Crippen LogP) is -2.31. The maximum Gasteiger partial charge on any atom is 0.156 e. The number of aliphatic hydroxyl groups excluding tert-OH is 4. The fourth-order valence-corrected chi connectivity index (χ4v) is 5.10. The van der Waals surface area contributed by atoms with E-state index in [9.17, 15) is 37.3 Å². The summed E-state index contributed by atoms with van der Waals surface area (Å²) in [6.45, 7) is 3.76. The largest absolute Gasteiger partial charge is 0.391 e. The van der Waals surface area contributed by atoms with E-state index < -0.39 is 60.8 Å². The van der Waals surface area contributed by atoms with Crippen molar-refractivity contribution < 1.29 is 37.3 Å². The SMILES string of the molecule is CCS(=O)(=O)C[C@H]([C@@H](O)[C@H](O)[C@@H](O)[C@@H](C)O)S(=O)(=O)CC. The minimum Gasteiger partial charge on any atom is -0.391 e. The molecule has 0 rings (SSSR count). The lowest BCUT2D eigenvalue weighted by molar-refractivity contribution is -0.0990. The number of rotatable bonds is 9. The normalized spacial score (nSPS) is 20.5. The Balaban J connectivity index is 5.52. The summed E-state index contributed by atoms with van der Waals surface area (Å²) in [5.41, 5.74) is 0. The van der Waals surface area contributed by atoms with Crippen LogP contribution in [0.3, 0.4) is 0 Å². The minimum atomic E-state index is -3.99. The summed E-state index contributed by atoms with van der Waals surface area (Å²) in [6.07, 6.45) is -7.22. The van der Waals surface area contributed by atoms with Crippen LogP contribution in [0.4, 0.5) is 0 Å². The summed E-state index contributed by atoms with van der Waals surface area (Å²) in [5.74, 6) is -1.60. The second-order valence-corrected chi connectivity index (χ2v) is 9.81. The van der Waals surface area contributed by atoms with Crippen LogP contribution in [0.1, 0.15) is 20.8 Å². The highest BCUT2D eigenvalue weighted by atomic mass is 32.2. The molecule has 0 aromatic carbocycles. The van der Waals surface area contributed by atoms with Gasteiger partial charge in [0.25, 0.3) is 0 Å². The molecule has 0 amide bonds. The summed E-state index contributed by atoms with van der Waals surface area (Å²) in [5, 5.41) is 36.6. The van der Waals surface area contributed by atoms with Gasteiger partial charge in [-0.15, -0.1) is 0 Å². The van der Waals surface area contributed by atoms with Gasteiger partial charge in [-0.05, 0) is 6.92 Å². The molecule has 0 bridgehead atoms. The van der Waals surface area contributed by atoms with Gasteiger partial charge in [-0.1, -0.05) is 13.8 Å². The van der Waals surface area contributed by atoms with Crippen LogP contribution in [-0.4, -0.2) is 84.2 Å². The standard InChI is InChI=1S/C11H24O8S2/c1-4-20(16,17)6-8(21(18,19)5-2)10(14)11(15)9(13)7(3)12/h7-15H,4-6H2,1-3H3/t7-,8-,9+,10-,11-/m1/s1. The molecule has 0 unspecified atom stereocenters. The van der Waals surface area contributed by atoms with Crippen LogP contribution < -0.4 is 0 Å². The average molecular weight is 348 g/mol. The molecule has 0 saturated carbocycles. The van der Waals surface area contributed by atoms with E-state index in [0.29, 0.717) is 0 Å². The molecule has 5 atom stereocenters. The van der Waals surface area contributed by atoms with Gasteiger partial charge in [-0.25, -0.2) is 16.8 Å². The molecule has 0 spiro atoms. The lowest BCUT2D eigenvalue weighted by atomic mass is 10.0. The Hall–Kier alpha value is -0.260. The van der Waals surface area contributed by atoms with Crippen LogP contribution in [0.2, 0.25) is 0 Å². The van der Waals surface area contributed by atoms with Crippen molar-refractivity contribution in [2.45, 2.75) is 50.4 Å². The second kappa shape index (κ2) is 7.84. The summed E-state index contributed by atoms with van der Waals surface area (Å²) >= 11 is 0. The fourth-order valence-electron chi connectivity index (χ4n) is 1.70. The van der Waals surface area contributed by atoms with Gasteiger partial charge in [-0.2, -0.15) is 0 Å². The van der Waals surface area contributed by atoms with Gasteiger partial charge in [-0.3, -0.25) is 0 Å². The van der Waals surface area contributed by atoms with Gasteiger partial charge in [0.15, 0.2) is 19.7 Å². The Bertz CT molecular complexity index is 510. The molecular formula is C11H24O8S2. The molecule has 0 aromatic rings. The van der Waals surface area contributed by atoms with Gasteiger partial charge in [0, 0.05) is 11.5 Å². The molecule has 21 heavy (non-hydrogen) atoms. The zero-order valence-corrected chi connectivity index (χ0v) is 13.9. The Morgan fingerprint density at radius 3 is 1.62 bits per heavy atom. The predicted molar refractivity (Wildman–Crippen MR) is 77.3 cm³/mol. The van der Waals surface area contributed by atoms with Crippen molar-refractivity contribution in [2.75, 3.05) is 17.3 Å². The van der Waals surface area contributed by atoms with Crippen molar-refractivity contribution in [1.29, 1.82) is 0 Å². The first-order valence-corrected chi connectivity index (χ1v) is 10.1. The van der Waals surface area contributed by atoms with Crippen molar-refractivity contribution in [3.8, 4) is 0 Å². The van der Waals surface area contributed by atoms with Crippen LogP contribution in [-0.2, 0) is 19.7 Å². The maximum atomic E-state index is 12.0. The number of aliphatic hydroxyl groups is 4. The molecule has 0 heterocycles. The topological polar surface area (TPSA) is 149 Å². The third-order valence-electron chi connectivity index (χ3n) is 3.30. The number of hydrogen-bond acceptors (Lipinski definition) is 8. The van der Waals surface area contributed by atoms with Gasteiger partial charge in [0.05, 0.1) is 11.9 Å². The monoisotopic (exact) mass is 348 g/mol. The van der Waals surface area contributed by atoms with Crippen molar-refractivity contribution in [2.24, 2.45) is 0 Å². The average Bonchev–Trinajstić information content (AvgIpc) is 2.42. The molecule has 0 aliphatic rings. The molecule has 4 N–H and O–H groups in total. The van der Waals surface area contributed by atoms with E-state index in [0.717, 1.165) is 6.92 Å². The van der Waals surface area contributed by atoms with E-state index in [4.69, 9.17) is 0 Å². The van der Waals surface area contributed by atoms with Gasteiger partial charge in [0.2, 0.25) is 0 Å². The van der Waals surface area contributed by atoms with Crippen LogP contribution in [0.15, 0.2) is 0 Å². The van der Waals surface area contributed by atoms with Crippen molar-refractivity contribution in [3.05, 3.63) is 0 Å². The summed E-state index contributed by atoms with van der Waals surface area (Å²) in [7, 11) is -7.72. The van der Waals surface area contributed by atoms with E-state index in [-0.39, 0.29) is 5.75 Å². The highest BCUT2D eigenvalue weighted by Gasteiger charge is 2.41. The molecule has 0 radical (unpaired) electrons. The highest BCUT2D eigenvalue weighted by molar-refractivity contribution is 7.95. The lowest BCUT2D eigenvalue weighted by Gasteiger charge is -2.30. The van der Waals surface area contributed by atoms with Crippen molar-refractivity contribution in [1.82, 2.24) is 0 Å². The Morgan fingerprint density at radius 2 is 1.29 bits per heavy atom. The number of sulfone groups is 2. The van der Waals surface area contributed by atoms with Gasteiger partial charge < -0.3 is 20.4 Å². The van der Waals surface area contributed by atoms with E-state index in [1.807, 2.05) is 0 Å². The summed E-state index contributed by atoms with van der Waals surface area (Å²) in [6, 6.07) is 0. The first-order valence-electron chi connectivity index (χ1n) is 6.53. The third kappa shape index (κ3) is 5.80. The van der Waals surface area contributed by atoms with Crippen LogP contribution in [0.5, 0.6) is 0 Å². The smallest absolute Gasteiger partial charge is 0.156 e. The first-order chi connectivity index (χ1) is 9.39. The fraction of sp³-hybridized carbons (Fsp3) is 1.00. The van der Waals surface area contributed by atoms with Crippen molar-refractivity contribution >= 4 is 19.7 Å². The maximum absolute atomic E-state index is 12.0. The molecule has 0 fully saturated rings. The van der Waals surface area contributed by atoms with Crippen LogP contribution in [0.25, 0.3) is 0 Å². The first kappa shape index (κ1) is 20.7. The molecule has 0 aliphatic carbocycles. The molecular weight excluding hydrogens is 324 g/mol. The Morgan fingerprint density at radius 1 is 0.810 bits per heavy atom. The van der Waals surface area contributed by atoms with Crippen LogP contribution in [0, 0.1) is 0 Å². The quantitative estimate of drug-likeness (QED) is 0.363. The second-order valence-electron chi connectivity index (χ2n) is 4.90. The molecule has 0 aliphatic heterocycles. The van der Waals surface area contributed by atoms with Crippen LogP contribution >= 0.6 is 0 Å². The molecule has 10 heteroatoms. The summed E-state index contributed by atoms with van der Waals surface area (Å²) < 4.78 is 47.2. The zero-order valence-electron chi connectivity index (χ0n) is 12.2.